The standard InChI is InChI=1S/C19H22N2O3/c1-14-7-4-5-10-18(14)20-19(23)11-12-21(15(2)22)16-8-6-9-17(13-16)24-3/h4-10,13H,11-12H2,1-3H3,(H,20,23). The second kappa shape index (κ2) is 8.15. The number of ether oxygens (including phenoxy) is 1. The van der Waals surface area contributed by atoms with Gasteiger partial charge >= 0.3 is 0 Å². The number of carbonyl (C=O) groups excluding carboxylic acids is 2. The molecule has 0 atom stereocenters. The minimum atomic E-state index is -0.126. The van der Waals surface area contributed by atoms with E-state index in [2.05, 4.69) is 5.32 Å². The summed E-state index contributed by atoms with van der Waals surface area (Å²) in [4.78, 5) is 25.7. The molecule has 0 aromatic heterocycles. The Bertz CT molecular complexity index is 728. The molecule has 0 aliphatic carbocycles. The van der Waals surface area contributed by atoms with Crippen molar-refractivity contribution in [3.8, 4) is 5.75 Å². The average molecular weight is 326 g/mol. The smallest absolute Gasteiger partial charge is 0.226 e. The number of aryl methyl sites for hydroxylation is 1. The first-order chi connectivity index (χ1) is 11.5. The molecule has 2 aromatic carbocycles. The summed E-state index contributed by atoms with van der Waals surface area (Å²) in [6.07, 6.45) is 0.213. The van der Waals surface area contributed by atoms with Crippen molar-refractivity contribution in [3.63, 3.8) is 0 Å². The number of nitrogens with zero attached hydrogens (tertiary/aromatic N) is 1. The van der Waals surface area contributed by atoms with Gasteiger partial charge in [-0.3, -0.25) is 9.59 Å². The van der Waals surface area contributed by atoms with Crippen molar-refractivity contribution >= 4 is 23.2 Å². The molecule has 5 heteroatoms. The number of methoxy groups -OCH3 is 1. The van der Waals surface area contributed by atoms with Crippen LogP contribution in [0.2, 0.25) is 0 Å². The third kappa shape index (κ3) is 4.59. The second-order valence-corrected chi connectivity index (χ2v) is 5.49. The van der Waals surface area contributed by atoms with Gasteiger partial charge in [0.15, 0.2) is 0 Å². The van der Waals surface area contributed by atoms with Gasteiger partial charge in [0.25, 0.3) is 0 Å². The van der Waals surface area contributed by atoms with E-state index in [0.29, 0.717) is 18.0 Å². The van der Waals surface area contributed by atoms with Gasteiger partial charge in [0.2, 0.25) is 11.8 Å². The molecule has 0 fully saturated rings. The van der Waals surface area contributed by atoms with Gasteiger partial charge in [-0.15, -0.1) is 0 Å². The predicted octanol–water partition coefficient (Wildman–Crippen LogP) is 3.39. The van der Waals surface area contributed by atoms with Crippen LogP contribution in [-0.4, -0.2) is 25.5 Å². The molecular weight excluding hydrogens is 304 g/mol. The molecule has 0 saturated carbocycles. The molecule has 24 heavy (non-hydrogen) atoms. The summed E-state index contributed by atoms with van der Waals surface area (Å²) < 4.78 is 5.19. The number of para-hydroxylation sites is 1. The summed E-state index contributed by atoms with van der Waals surface area (Å²) in [5, 5.41) is 2.88. The van der Waals surface area contributed by atoms with Crippen LogP contribution in [0.15, 0.2) is 48.5 Å². The minimum absolute atomic E-state index is 0.119. The molecule has 1 N–H and O–H groups in total. The van der Waals surface area contributed by atoms with Crippen molar-refractivity contribution in [2.24, 2.45) is 0 Å². The van der Waals surface area contributed by atoms with E-state index < -0.39 is 0 Å². The maximum atomic E-state index is 12.2. The van der Waals surface area contributed by atoms with Crippen LogP contribution in [0.5, 0.6) is 5.75 Å². The van der Waals surface area contributed by atoms with Crippen molar-refractivity contribution < 1.29 is 14.3 Å². The van der Waals surface area contributed by atoms with E-state index in [-0.39, 0.29) is 18.2 Å². The largest absolute Gasteiger partial charge is 0.497 e. The highest BCUT2D eigenvalue weighted by Gasteiger charge is 2.14. The molecule has 0 aliphatic rings. The average Bonchev–Trinajstić information content (AvgIpc) is 2.57. The molecule has 126 valence electrons. The van der Waals surface area contributed by atoms with Gasteiger partial charge in [-0.05, 0) is 30.7 Å². The van der Waals surface area contributed by atoms with Crippen LogP contribution >= 0.6 is 0 Å². The van der Waals surface area contributed by atoms with Crippen LogP contribution in [-0.2, 0) is 9.59 Å². The van der Waals surface area contributed by atoms with Crippen LogP contribution in [0.4, 0.5) is 11.4 Å². The zero-order chi connectivity index (χ0) is 17.5. The van der Waals surface area contributed by atoms with E-state index in [1.54, 1.807) is 18.1 Å². The lowest BCUT2D eigenvalue weighted by atomic mass is 10.2. The number of carbonyl (C=O) groups is 2. The second-order valence-electron chi connectivity index (χ2n) is 5.49. The molecule has 0 bridgehead atoms. The molecule has 2 amide bonds. The predicted molar refractivity (Wildman–Crippen MR) is 95.4 cm³/mol. The van der Waals surface area contributed by atoms with E-state index in [9.17, 15) is 9.59 Å². The summed E-state index contributed by atoms with van der Waals surface area (Å²) in [6, 6.07) is 14.8. The minimum Gasteiger partial charge on any atom is -0.497 e. The van der Waals surface area contributed by atoms with Crippen LogP contribution in [0.1, 0.15) is 18.9 Å². The summed E-state index contributed by atoms with van der Waals surface area (Å²) in [5.74, 6) is 0.425. The van der Waals surface area contributed by atoms with Crippen molar-refractivity contribution in [3.05, 3.63) is 54.1 Å². The number of amides is 2. The first kappa shape index (κ1) is 17.5. The third-order valence-corrected chi connectivity index (χ3v) is 3.73. The summed E-state index contributed by atoms with van der Waals surface area (Å²) in [6.45, 7) is 3.73. The lowest BCUT2D eigenvalue weighted by molar-refractivity contribution is -0.117. The molecule has 2 rings (SSSR count). The highest BCUT2D eigenvalue weighted by atomic mass is 16.5. The Morgan fingerprint density at radius 3 is 2.54 bits per heavy atom. The molecule has 0 heterocycles. The van der Waals surface area contributed by atoms with E-state index >= 15 is 0 Å². The van der Waals surface area contributed by atoms with Gasteiger partial charge in [-0.25, -0.2) is 0 Å². The third-order valence-electron chi connectivity index (χ3n) is 3.73. The molecule has 0 spiro atoms. The van der Waals surface area contributed by atoms with Crippen molar-refractivity contribution in [1.29, 1.82) is 0 Å². The fraction of sp³-hybridized carbons (Fsp3) is 0.263. The molecule has 0 aliphatic heterocycles. The fourth-order valence-corrected chi connectivity index (χ4v) is 2.39. The highest BCUT2D eigenvalue weighted by molar-refractivity contribution is 5.95. The van der Waals surface area contributed by atoms with Gasteiger partial charge in [-0.1, -0.05) is 24.3 Å². The number of hydrogen-bond donors (Lipinski definition) is 1. The lowest BCUT2D eigenvalue weighted by Crippen LogP contribution is -2.32. The van der Waals surface area contributed by atoms with Crippen LogP contribution < -0.4 is 15.0 Å². The lowest BCUT2D eigenvalue weighted by Gasteiger charge is -2.21. The number of anilines is 2. The Kier molecular flexibility index (Phi) is 5.95. The van der Waals surface area contributed by atoms with Gasteiger partial charge in [0.1, 0.15) is 5.75 Å². The number of benzene rings is 2. The molecule has 0 unspecified atom stereocenters. The number of hydrogen-bond acceptors (Lipinski definition) is 3. The van der Waals surface area contributed by atoms with Crippen molar-refractivity contribution in [2.45, 2.75) is 20.3 Å². The number of nitrogens with one attached hydrogen (secondary N) is 1. The Balaban J connectivity index is 2.02. The quantitative estimate of drug-likeness (QED) is 0.885. The Morgan fingerprint density at radius 2 is 1.88 bits per heavy atom. The first-order valence-electron chi connectivity index (χ1n) is 7.79. The molecule has 0 saturated heterocycles. The first-order valence-corrected chi connectivity index (χ1v) is 7.79. The fourth-order valence-electron chi connectivity index (χ4n) is 2.39. The molecular formula is C19H22N2O3. The molecule has 5 nitrogen and oxygen atoms in total. The van der Waals surface area contributed by atoms with E-state index in [4.69, 9.17) is 4.74 Å². The summed E-state index contributed by atoms with van der Waals surface area (Å²) >= 11 is 0. The summed E-state index contributed by atoms with van der Waals surface area (Å²) in [7, 11) is 1.58. The zero-order valence-corrected chi connectivity index (χ0v) is 14.2. The Hall–Kier alpha value is -2.82. The van der Waals surface area contributed by atoms with Crippen molar-refractivity contribution in [1.82, 2.24) is 0 Å². The normalized spacial score (nSPS) is 10.1. The highest BCUT2D eigenvalue weighted by Crippen LogP contribution is 2.21. The van der Waals surface area contributed by atoms with Gasteiger partial charge in [-0.2, -0.15) is 0 Å². The van der Waals surface area contributed by atoms with Crippen LogP contribution in [0.25, 0.3) is 0 Å². The molecule has 0 radical (unpaired) electrons. The molecule has 2 aromatic rings. The zero-order valence-electron chi connectivity index (χ0n) is 14.2. The van der Waals surface area contributed by atoms with E-state index in [1.807, 2.05) is 49.4 Å². The van der Waals surface area contributed by atoms with E-state index in [1.165, 1.54) is 6.92 Å². The van der Waals surface area contributed by atoms with Crippen molar-refractivity contribution in [2.75, 3.05) is 23.9 Å². The number of rotatable bonds is 6. The van der Waals surface area contributed by atoms with Crippen LogP contribution in [0, 0.1) is 6.92 Å². The maximum absolute atomic E-state index is 12.2. The topological polar surface area (TPSA) is 58.6 Å². The maximum Gasteiger partial charge on any atom is 0.226 e. The Morgan fingerprint density at radius 1 is 1.12 bits per heavy atom. The van der Waals surface area contributed by atoms with Gasteiger partial charge in [0, 0.05) is 37.3 Å². The summed E-state index contributed by atoms with van der Waals surface area (Å²) in [5.41, 5.74) is 2.51. The SMILES string of the molecule is COc1cccc(N(CCC(=O)Nc2ccccc2C)C(C)=O)c1. The Labute approximate surface area is 142 Å². The van der Waals surface area contributed by atoms with Gasteiger partial charge in [0.05, 0.1) is 7.11 Å². The van der Waals surface area contributed by atoms with Gasteiger partial charge < -0.3 is 15.0 Å². The monoisotopic (exact) mass is 326 g/mol. The van der Waals surface area contributed by atoms with Crippen LogP contribution in [0.3, 0.4) is 0 Å². The van der Waals surface area contributed by atoms with E-state index in [0.717, 1.165) is 11.3 Å².